The van der Waals surface area contributed by atoms with Crippen molar-refractivity contribution < 1.29 is 9.53 Å². The Kier molecular flexibility index (Phi) is 5.33. The lowest BCUT2D eigenvalue weighted by molar-refractivity contribution is 0.0301. The fourth-order valence-corrected chi connectivity index (χ4v) is 4.40. The van der Waals surface area contributed by atoms with Gasteiger partial charge in [-0.3, -0.25) is 9.48 Å². The Labute approximate surface area is 157 Å². The van der Waals surface area contributed by atoms with Gasteiger partial charge in [-0.25, -0.2) is 4.98 Å². The summed E-state index contributed by atoms with van der Waals surface area (Å²) < 4.78 is 7.36. The molecule has 140 valence electrons. The number of ether oxygens (including phenoxy) is 1. The first-order valence-electron chi connectivity index (χ1n) is 9.24. The number of thiazole rings is 1. The molecule has 2 aromatic heterocycles. The van der Waals surface area contributed by atoms with Crippen molar-refractivity contribution in [2.24, 2.45) is 5.92 Å². The molecule has 1 atom stereocenters. The van der Waals surface area contributed by atoms with Gasteiger partial charge in [0.1, 0.15) is 5.01 Å². The molecule has 2 aromatic rings. The number of hydrogen-bond acceptors (Lipinski definition) is 6. The maximum Gasteiger partial charge on any atom is 0.257 e. The van der Waals surface area contributed by atoms with Crippen LogP contribution in [0.3, 0.4) is 0 Å². The second-order valence-corrected chi connectivity index (χ2v) is 7.95. The average Bonchev–Trinajstić information content (AvgIpc) is 3.27. The zero-order chi connectivity index (χ0) is 17.9. The number of carbonyl (C=O) groups is 1. The zero-order valence-corrected chi connectivity index (χ0v) is 15.9. The summed E-state index contributed by atoms with van der Waals surface area (Å²) in [5.74, 6) is 0.623. The number of hydrogen-bond donors (Lipinski definition) is 1. The lowest BCUT2D eigenvalue weighted by Gasteiger charge is -2.28. The quantitative estimate of drug-likeness (QED) is 0.857. The van der Waals surface area contributed by atoms with Crippen molar-refractivity contribution in [1.82, 2.24) is 25.0 Å². The first kappa shape index (κ1) is 17.6. The Morgan fingerprint density at radius 3 is 3.00 bits per heavy atom. The summed E-state index contributed by atoms with van der Waals surface area (Å²) in [5, 5.41) is 11.2. The van der Waals surface area contributed by atoms with Crippen LogP contribution in [0.25, 0.3) is 0 Å². The van der Waals surface area contributed by atoms with Crippen LogP contribution >= 0.6 is 11.3 Å². The third kappa shape index (κ3) is 3.82. The fraction of sp³-hybridized carbons (Fsp3) is 0.611. The number of nitrogens with zero attached hydrogens (tertiary/aromatic N) is 4. The lowest BCUT2D eigenvalue weighted by Crippen LogP contribution is -2.41. The molecule has 0 radical (unpaired) electrons. The van der Waals surface area contributed by atoms with Crippen LogP contribution in [0, 0.1) is 12.8 Å². The van der Waals surface area contributed by atoms with E-state index in [-0.39, 0.29) is 5.91 Å². The average molecular weight is 375 g/mol. The Hall–Kier alpha value is -1.77. The molecule has 26 heavy (non-hydrogen) atoms. The number of carbonyl (C=O) groups excluding carboxylic acids is 1. The molecule has 0 saturated carbocycles. The van der Waals surface area contributed by atoms with Crippen molar-refractivity contribution >= 4 is 17.2 Å². The highest BCUT2D eigenvalue weighted by Crippen LogP contribution is 2.24. The van der Waals surface area contributed by atoms with Gasteiger partial charge >= 0.3 is 0 Å². The van der Waals surface area contributed by atoms with Gasteiger partial charge in [-0.15, -0.1) is 11.3 Å². The molecule has 1 saturated heterocycles. The van der Waals surface area contributed by atoms with E-state index in [0.717, 1.165) is 54.4 Å². The van der Waals surface area contributed by atoms with Gasteiger partial charge in [0.05, 0.1) is 30.7 Å². The number of aryl methyl sites for hydroxylation is 2. The Morgan fingerprint density at radius 1 is 1.38 bits per heavy atom. The summed E-state index contributed by atoms with van der Waals surface area (Å²) >= 11 is 1.70. The summed E-state index contributed by atoms with van der Waals surface area (Å²) in [6.45, 7) is 7.24. The van der Waals surface area contributed by atoms with E-state index in [1.807, 2.05) is 16.5 Å². The molecule has 0 spiro atoms. The van der Waals surface area contributed by atoms with Gasteiger partial charge in [0.15, 0.2) is 0 Å². The van der Waals surface area contributed by atoms with E-state index in [1.165, 1.54) is 0 Å². The molecule has 7 nitrogen and oxygen atoms in total. The second kappa shape index (κ2) is 7.85. The number of rotatable bonds is 5. The van der Waals surface area contributed by atoms with Crippen molar-refractivity contribution in [3.05, 3.63) is 33.5 Å². The summed E-state index contributed by atoms with van der Waals surface area (Å²) in [7, 11) is 0. The molecule has 8 heteroatoms. The largest absolute Gasteiger partial charge is 0.378 e. The number of nitrogens with one attached hydrogen (secondary N) is 1. The third-order valence-corrected chi connectivity index (χ3v) is 6.05. The minimum atomic E-state index is 0.0985. The van der Waals surface area contributed by atoms with Crippen LogP contribution < -0.4 is 5.32 Å². The molecule has 0 bridgehead atoms. The Morgan fingerprint density at radius 2 is 2.23 bits per heavy atom. The molecular weight excluding hydrogens is 350 g/mol. The van der Waals surface area contributed by atoms with E-state index in [9.17, 15) is 4.79 Å². The monoisotopic (exact) mass is 375 g/mol. The summed E-state index contributed by atoms with van der Waals surface area (Å²) in [4.78, 5) is 19.2. The minimum Gasteiger partial charge on any atom is -0.378 e. The van der Waals surface area contributed by atoms with Crippen molar-refractivity contribution in [3.8, 4) is 0 Å². The molecule has 1 N–H and O–H groups in total. The molecule has 1 amide bonds. The number of morpholine rings is 1. The van der Waals surface area contributed by atoms with Crippen LogP contribution in [-0.4, -0.2) is 58.4 Å². The zero-order valence-electron chi connectivity index (χ0n) is 15.1. The van der Waals surface area contributed by atoms with Crippen LogP contribution in [0.1, 0.15) is 33.2 Å². The van der Waals surface area contributed by atoms with Gasteiger partial charge in [0.25, 0.3) is 5.91 Å². The number of fused-ring (bicyclic) bond motifs is 1. The van der Waals surface area contributed by atoms with Crippen LogP contribution in [0.5, 0.6) is 0 Å². The maximum atomic E-state index is 12.8. The van der Waals surface area contributed by atoms with E-state index in [2.05, 4.69) is 20.8 Å². The van der Waals surface area contributed by atoms with Crippen LogP contribution in [0.4, 0.5) is 0 Å². The van der Waals surface area contributed by atoms with E-state index >= 15 is 0 Å². The van der Waals surface area contributed by atoms with E-state index < -0.39 is 0 Å². The van der Waals surface area contributed by atoms with Gasteiger partial charge in [-0.2, -0.15) is 5.10 Å². The summed E-state index contributed by atoms with van der Waals surface area (Å²) in [6, 6.07) is 0. The molecule has 2 aliphatic heterocycles. The van der Waals surface area contributed by atoms with E-state index in [4.69, 9.17) is 4.74 Å². The molecule has 1 fully saturated rings. The predicted molar refractivity (Wildman–Crippen MR) is 99.3 cm³/mol. The summed E-state index contributed by atoms with van der Waals surface area (Å²) in [6.07, 6.45) is 3.74. The highest BCUT2D eigenvalue weighted by Gasteiger charge is 2.28. The van der Waals surface area contributed by atoms with E-state index in [0.29, 0.717) is 32.2 Å². The predicted octanol–water partition coefficient (Wildman–Crippen LogP) is 1.47. The van der Waals surface area contributed by atoms with Gasteiger partial charge in [-0.05, 0) is 32.2 Å². The van der Waals surface area contributed by atoms with E-state index in [1.54, 1.807) is 17.5 Å². The van der Waals surface area contributed by atoms with Crippen molar-refractivity contribution in [3.63, 3.8) is 0 Å². The highest BCUT2D eigenvalue weighted by molar-refractivity contribution is 7.09. The lowest BCUT2D eigenvalue weighted by atomic mass is 9.94. The highest BCUT2D eigenvalue weighted by atomic mass is 32.1. The van der Waals surface area contributed by atoms with Gasteiger partial charge in [0, 0.05) is 37.3 Å². The molecule has 2 aliphatic rings. The maximum absolute atomic E-state index is 12.8. The first-order chi connectivity index (χ1) is 12.7. The standard InChI is InChI=1S/C18H25N5O2S/c1-13-12-26-17(21-13)11-19-9-14-2-3-23-16(8-14)15(10-20-23)18(24)22-4-6-25-7-5-22/h10,12,14,19H,2-9,11H2,1H3. The SMILES string of the molecule is Cc1csc(CNCC2CCn3ncc(C(=O)N4CCOCC4)c3C2)n1. The summed E-state index contributed by atoms with van der Waals surface area (Å²) in [5.41, 5.74) is 2.94. The van der Waals surface area contributed by atoms with Crippen molar-refractivity contribution in [2.75, 3.05) is 32.8 Å². The van der Waals surface area contributed by atoms with Gasteiger partial charge in [-0.1, -0.05) is 0 Å². The Bertz CT molecular complexity index is 765. The van der Waals surface area contributed by atoms with Crippen LogP contribution in [0.15, 0.2) is 11.6 Å². The normalized spacial score (nSPS) is 20.2. The minimum absolute atomic E-state index is 0.0985. The molecule has 4 heterocycles. The molecule has 1 unspecified atom stereocenters. The molecular formula is C18H25N5O2S. The van der Waals surface area contributed by atoms with Crippen LogP contribution in [-0.2, 0) is 24.2 Å². The second-order valence-electron chi connectivity index (χ2n) is 7.01. The topological polar surface area (TPSA) is 72.3 Å². The third-order valence-electron chi connectivity index (χ3n) is 5.08. The van der Waals surface area contributed by atoms with Crippen molar-refractivity contribution in [1.29, 1.82) is 0 Å². The van der Waals surface area contributed by atoms with Crippen LogP contribution in [0.2, 0.25) is 0 Å². The smallest absolute Gasteiger partial charge is 0.257 e. The fourth-order valence-electron chi connectivity index (χ4n) is 3.66. The number of amides is 1. The molecule has 0 aliphatic carbocycles. The molecule has 4 rings (SSSR count). The number of aromatic nitrogens is 3. The molecule has 0 aromatic carbocycles. The van der Waals surface area contributed by atoms with Gasteiger partial charge < -0.3 is 15.0 Å². The first-order valence-corrected chi connectivity index (χ1v) is 10.1. The van der Waals surface area contributed by atoms with Gasteiger partial charge in [0.2, 0.25) is 0 Å². The Balaban J connectivity index is 1.36. The van der Waals surface area contributed by atoms with Crippen molar-refractivity contribution in [2.45, 2.75) is 32.9 Å².